The van der Waals surface area contributed by atoms with E-state index in [-0.39, 0.29) is 0 Å². The Balaban J connectivity index is 1.84. The zero-order valence-corrected chi connectivity index (χ0v) is 14.8. The standard InChI is InChI=1S/C15H12Br2N4O2/c16-8-3-1-7(2-4-8)13(22)15(23)19-9-5-10-12(11(17)6-9)20-21-14(10)18/h1-6,13,22H,(H,19,23)(H3,18,20,21). The quantitative estimate of drug-likeness (QED) is 0.502. The number of halogens is 2. The van der Waals surface area contributed by atoms with Crippen LogP contribution < -0.4 is 11.1 Å². The number of rotatable bonds is 3. The van der Waals surface area contributed by atoms with Crippen molar-refractivity contribution in [1.29, 1.82) is 0 Å². The van der Waals surface area contributed by atoms with E-state index >= 15 is 0 Å². The Bertz CT molecular complexity index is 877. The Kier molecular flexibility index (Phi) is 4.38. The van der Waals surface area contributed by atoms with Crippen LogP contribution in [0.2, 0.25) is 0 Å². The highest BCUT2D eigenvalue weighted by Gasteiger charge is 2.18. The molecule has 0 saturated carbocycles. The first-order valence-corrected chi connectivity index (χ1v) is 8.22. The van der Waals surface area contributed by atoms with Gasteiger partial charge in [-0.3, -0.25) is 9.89 Å². The largest absolute Gasteiger partial charge is 0.382 e. The number of nitrogen functional groups attached to an aromatic ring is 1. The Morgan fingerprint density at radius 2 is 1.96 bits per heavy atom. The SMILES string of the molecule is Nc1n[nH]c2c(Br)cc(NC(=O)C(O)c3ccc(Br)cc3)cc12. The number of aromatic nitrogens is 2. The molecule has 23 heavy (non-hydrogen) atoms. The summed E-state index contributed by atoms with van der Waals surface area (Å²) in [6, 6.07) is 10.3. The monoisotopic (exact) mass is 438 g/mol. The molecule has 1 amide bonds. The summed E-state index contributed by atoms with van der Waals surface area (Å²) in [6.45, 7) is 0. The summed E-state index contributed by atoms with van der Waals surface area (Å²) in [5.74, 6) is -0.189. The minimum absolute atomic E-state index is 0.338. The van der Waals surface area contributed by atoms with Crippen molar-refractivity contribution < 1.29 is 9.90 Å². The summed E-state index contributed by atoms with van der Waals surface area (Å²) in [6.07, 6.45) is -1.26. The zero-order chi connectivity index (χ0) is 16.6. The van der Waals surface area contributed by atoms with Gasteiger partial charge in [-0.15, -0.1) is 0 Å². The van der Waals surface area contributed by atoms with Crippen molar-refractivity contribution in [2.75, 3.05) is 11.1 Å². The Morgan fingerprint density at radius 3 is 2.65 bits per heavy atom. The lowest BCUT2D eigenvalue weighted by Crippen LogP contribution is -2.20. The summed E-state index contributed by atoms with van der Waals surface area (Å²) >= 11 is 6.71. The number of fused-ring (bicyclic) bond motifs is 1. The second-order valence-electron chi connectivity index (χ2n) is 4.93. The van der Waals surface area contributed by atoms with Crippen LogP contribution in [0, 0.1) is 0 Å². The van der Waals surface area contributed by atoms with E-state index in [1.807, 2.05) is 0 Å². The third-order valence-electron chi connectivity index (χ3n) is 3.36. The van der Waals surface area contributed by atoms with Crippen LogP contribution in [-0.4, -0.2) is 21.2 Å². The molecule has 3 aromatic rings. The van der Waals surface area contributed by atoms with E-state index in [9.17, 15) is 9.90 Å². The average Bonchev–Trinajstić information content (AvgIpc) is 2.89. The highest BCUT2D eigenvalue weighted by atomic mass is 79.9. The molecule has 3 rings (SSSR count). The number of benzene rings is 2. The number of aliphatic hydroxyl groups is 1. The van der Waals surface area contributed by atoms with E-state index in [0.29, 0.717) is 26.9 Å². The smallest absolute Gasteiger partial charge is 0.257 e. The molecule has 5 N–H and O–H groups in total. The molecule has 2 aromatic carbocycles. The van der Waals surface area contributed by atoms with Crippen LogP contribution in [0.1, 0.15) is 11.7 Å². The van der Waals surface area contributed by atoms with E-state index in [1.54, 1.807) is 36.4 Å². The second-order valence-corrected chi connectivity index (χ2v) is 6.70. The predicted molar refractivity (Wildman–Crippen MR) is 95.9 cm³/mol. The maximum atomic E-state index is 12.2. The molecule has 0 fully saturated rings. The number of H-pyrrole nitrogens is 1. The normalized spacial score (nSPS) is 12.3. The van der Waals surface area contributed by atoms with Crippen molar-refractivity contribution in [2.24, 2.45) is 0 Å². The summed E-state index contributed by atoms with van der Waals surface area (Å²) in [5.41, 5.74) is 7.55. The number of nitrogens with two attached hydrogens (primary N) is 1. The van der Waals surface area contributed by atoms with Crippen LogP contribution >= 0.6 is 31.9 Å². The van der Waals surface area contributed by atoms with E-state index < -0.39 is 12.0 Å². The first kappa shape index (κ1) is 16.0. The van der Waals surface area contributed by atoms with Crippen LogP contribution in [0.5, 0.6) is 0 Å². The molecule has 118 valence electrons. The lowest BCUT2D eigenvalue weighted by molar-refractivity contribution is -0.124. The van der Waals surface area contributed by atoms with E-state index in [2.05, 4.69) is 47.4 Å². The predicted octanol–water partition coefficient (Wildman–Crippen LogP) is 3.34. The van der Waals surface area contributed by atoms with Gasteiger partial charge in [0, 0.05) is 20.0 Å². The number of anilines is 2. The number of amides is 1. The van der Waals surface area contributed by atoms with Gasteiger partial charge < -0.3 is 16.2 Å². The van der Waals surface area contributed by atoms with Gasteiger partial charge >= 0.3 is 0 Å². The van der Waals surface area contributed by atoms with Crippen molar-refractivity contribution in [3.8, 4) is 0 Å². The third-order valence-corrected chi connectivity index (χ3v) is 4.51. The van der Waals surface area contributed by atoms with Crippen molar-refractivity contribution in [2.45, 2.75) is 6.10 Å². The topological polar surface area (TPSA) is 104 Å². The maximum absolute atomic E-state index is 12.2. The van der Waals surface area contributed by atoms with Crippen LogP contribution in [0.4, 0.5) is 11.5 Å². The fraction of sp³-hybridized carbons (Fsp3) is 0.0667. The number of aliphatic hydroxyl groups excluding tert-OH is 1. The summed E-state index contributed by atoms with van der Waals surface area (Å²) in [7, 11) is 0. The molecule has 0 saturated heterocycles. The van der Waals surface area contributed by atoms with Crippen molar-refractivity contribution >= 4 is 60.2 Å². The number of hydrogen-bond donors (Lipinski definition) is 4. The molecule has 0 aliphatic carbocycles. The maximum Gasteiger partial charge on any atom is 0.257 e. The molecule has 0 bridgehead atoms. The molecule has 1 heterocycles. The Hall–Kier alpha value is -1.90. The number of carbonyl (C=O) groups excluding carboxylic acids is 1. The van der Waals surface area contributed by atoms with Crippen LogP contribution in [0.3, 0.4) is 0 Å². The third kappa shape index (κ3) is 3.24. The first-order chi connectivity index (χ1) is 11.0. The van der Waals surface area contributed by atoms with Gasteiger partial charge in [-0.25, -0.2) is 0 Å². The molecule has 1 unspecified atom stereocenters. The van der Waals surface area contributed by atoms with E-state index in [4.69, 9.17) is 5.73 Å². The van der Waals surface area contributed by atoms with Gasteiger partial charge in [0.05, 0.1) is 5.52 Å². The fourth-order valence-electron chi connectivity index (χ4n) is 2.18. The van der Waals surface area contributed by atoms with Gasteiger partial charge in [-0.1, -0.05) is 28.1 Å². The molecular weight excluding hydrogens is 428 g/mol. The van der Waals surface area contributed by atoms with Gasteiger partial charge in [0.1, 0.15) is 0 Å². The Morgan fingerprint density at radius 1 is 1.26 bits per heavy atom. The van der Waals surface area contributed by atoms with Crippen molar-refractivity contribution in [3.63, 3.8) is 0 Å². The van der Waals surface area contributed by atoms with Crippen molar-refractivity contribution in [3.05, 3.63) is 50.9 Å². The number of nitrogens with zero attached hydrogens (tertiary/aromatic N) is 1. The number of hydrogen-bond acceptors (Lipinski definition) is 4. The van der Waals surface area contributed by atoms with Gasteiger partial charge in [0.2, 0.25) is 0 Å². The molecule has 1 atom stereocenters. The van der Waals surface area contributed by atoms with Crippen molar-refractivity contribution in [1.82, 2.24) is 10.2 Å². The number of nitrogens with one attached hydrogen (secondary N) is 2. The van der Waals surface area contributed by atoms with E-state index in [1.165, 1.54) is 0 Å². The number of carbonyl (C=O) groups is 1. The Labute approximate surface area is 148 Å². The van der Waals surface area contributed by atoms with Gasteiger partial charge in [-0.2, -0.15) is 5.10 Å². The molecule has 6 nitrogen and oxygen atoms in total. The number of aromatic amines is 1. The molecule has 0 aliphatic rings. The summed E-state index contributed by atoms with van der Waals surface area (Å²) < 4.78 is 1.59. The van der Waals surface area contributed by atoms with Gasteiger partial charge in [-0.05, 0) is 45.8 Å². The minimum Gasteiger partial charge on any atom is -0.382 e. The summed E-state index contributed by atoms with van der Waals surface area (Å²) in [4.78, 5) is 12.2. The first-order valence-electron chi connectivity index (χ1n) is 6.63. The average molecular weight is 440 g/mol. The molecule has 8 heteroatoms. The zero-order valence-electron chi connectivity index (χ0n) is 11.7. The van der Waals surface area contributed by atoms with Crippen LogP contribution in [-0.2, 0) is 4.79 Å². The molecule has 1 aromatic heterocycles. The van der Waals surface area contributed by atoms with E-state index in [0.717, 1.165) is 9.99 Å². The second kappa shape index (κ2) is 6.31. The molecular formula is C15H12Br2N4O2. The highest BCUT2D eigenvalue weighted by molar-refractivity contribution is 9.11. The lowest BCUT2D eigenvalue weighted by atomic mass is 10.1. The summed E-state index contributed by atoms with van der Waals surface area (Å²) in [5, 5.41) is 20.2. The molecule has 0 spiro atoms. The van der Waals surface area contributed by atoms with Gasteiger partial charge in [0.25, 0.3) is 5.91 Å². The molecule has 0 radical (unpaired) electrons. The lowest BCUT2D eigenvalue weighted by Gasteiger charge is -2.12. The van der Waals surface area contributed by atoms with Crippen LogP contribution in [0.25, 0.3) is 10.9 Å². The van der Waals surface area contributed by atoms with Crippen LogP contribution in [0.15, 0.2) is 45.3 Å². The molecule has 0 aliphatic heterocycles. The van der Waals surface area contributed by atoms with Gasteiger partial charge in [0.15, 0.2) is 11.9 Å². The fourth-order valence-corrected chi connectivity index (χ4v) is 2.99. The minimum atomic E-state index is -1.26. The highest BCUT2D eigenvalue weighted by Crippen LogP contribution is 2.30.